The second-order valence-corrected chi connectivity index (χ2v) is 8.27. The molecule has 0 saturated carbocycles. The average molecular weight is 420 g/mol. The number of hydrogen-bond acceptors (Lipinski definition) is 2. The first-order valence-corrected chi connectivity index (χ1v) is 11.2. The summed E-state index contributed by atoms with van der Waals surface area (Å²) in [4.78, 5) is 14.6. The van der Waals surface area contributed by atoms with Crippen LogP contribution in [0.2, 0.25) is 0 Å². The summed E-state index contributed by atoms with van der Waals surface area (Å²) >= 11 is 0. The first-order valence-electron chi connectivity index (χ1n) is 11.2. The molecule has 1 aromatic heterocycles. The van der Waals surface area contributed by atoms with Crippen LogP contribution in [0.4, 0.5) is 0 Å². The normalized spacial score (nSPS) is 11.2. The minimum absolute atomic E-state index is 0.0601. The number of carbonyl (C=O) groups excluding carboxylic acids is 1. The zero-order chi connectivity index (χ0) is 22.4. The summed E-state index contributed by atoms with van der Waals surface area (Å²) in [5.74, 6) is -0.0601. The lowest BCUT2D eigenvalue weighted by atomic mass is 10.1. The highest BCUT2D eigenvalue weighted by atomic mass is 16.1. The third-order valence-electron chi connectivity index (χ3n) is 6.06. The largest absolute Gasteiger partial charge is 0.348 e. The van der Waals surface area contributed by atoms with Crippen molar-refractivity contribution in [2.75, 3.05) is 13.1 Å². The standard InChI is InChI=1S/C26H34N4O/c1-6-29(7-2)18-24-11-9-8-10-23(24)16-27-26(31)25-20(4)28-30(21(25)5)17-22-14-12-19(3)13-15-22/h8-15H,6-7,16-18H2,1-5H3,(H,27,31)/p+1. The third-order valence-corrected chi connectivity index (χ3v) is 6.06. The molecule has 0 unspecified atom stereocenters. The molecule has 0 aliphatic heterocycles. The van der Waals surface area contributed by atoms with Crippen LogP contribution in [0.15, 0.2) is 48.5 Å². The van der Waals surface area contributed by atoms with Crippen LogP contribution < -0.4 is 10.2 Å². The second-order valence-electron chi connectivity index (χ2n) is 8.27. The summed E-state index contributed by atoms with van der Waals surface area (Å²) in [6.07, 6.45) is 0. The Morgan fingerprint density at radius 2 is 1.61 bits per heavy atom. The summed E-state index contributed by atoms with van der Waals surface area (Å²) in [5.41, 5.74) is 7.23. The van der Waals surface area contributed by atoms with Crippen LogP contribution in [-0.4, -0.2) is 28.8 Å². The number of rotatable bonds is 9. The van der Waals surface area contributed by atoms with E-state index in [2.05, 4.69) is 73.7 Å². The van der Waals surface area contributed by atoms with Gasteiger partial charge in [0.2, 0.25) is 0 Å². The molecule has 31 heavy (non-hydrogen) atoms. The van der Waals surface area contributed by atoms with Gasteiger partial charge < -0.3 is 10.2 Å². The Morgan fingerprint density at radius 3 is 2.26 bits per heavy atom. The molecule has 5 nitrogen and oxygen atoms in total. The van der Waals surface area contributed by atoms with Gasteiger partial charge in [0.1, 0.15) is 6.54 Å². The summed E-state index contributed by atoms with van der Waals surface area (Å²) in [6.45, 7) is 14.7. The number of hydrogen-bond donors (Lipinski definition) is 2. The summed E-state index contributed by atoms with van der Waals surface area (Å²) in [5, 5.41) is 7.77. The summed E-state index contributed by atoms with van der Waals surface area (Å²) in [6, 6.07) is 16.8. The Kier molecular flexibility index (Phi) is 7.64. The van der Waals surface area contributed by atoms with E-state index < -0.39 is 0 Å². The number of aryl methyl sites for hydroxylation is 2. The van der Waals surface area contributed by atoms with E-state index in [-0.39, 0.29) is 5.91 Å². The van der Waals surface area contributed by atoms with Gasteiger partial charge in [0.15, 0.2) is 0 Å². The lowest BCUT2D eigenvalue weighted by Gasteiger charge is -2.18. The average Bonchev–Trinajstić information content (AvgIpc) is 3.05. The van der Waals surface area contributed by atoms with E-state index in [4.69, 9.17) is 0 Å². The van der Waals surface area contributed by atoms with E-state index in [0.717, 1.165) is 31.0 Å². The van der Waals surface area contributed by atoms with Crippen molar-refractivity contribution in [2.24, 2.45) is 0 Å². The number of nitrogens with one attached hydrogen (secondary N) is 2. The van der Waals surface area contributed by atoms with Crippen molar-refractivity contribution >= 4 is 5.91 Å². The maximum atomic E-state index is 13.0. The zero-order valence-corrected chi connectivity index (χ0v) is 19.5. The van der Waals surface area contributed by atoms with Crippen molar-refractivity contribution in [1.29, 1.82) is 0 Å². The van der Waals surface area contributed by atoms with Crippen LogP contribution in [0.1, 0.15) is 57.8 Å². The monoisotopic (exact) mass is 419 g/mol. The molecular weight excluding hydrogens is 384 g/mol. The molecule has 2 N–H and O–H groups in total. The van der Waals surface area contributed by atoms with E-state index in [1.54, 1.807) is 0 Å². The maximum absolute atomic E-state index is 13.0. The molecule has 1 heterocycles. The molecule has 0 atom stereocenters. The van der Waals surface area contributed by atoms with E-state index in [1.165, 1.54) is 27.2 Å². The number of nitrogens with zero attached hydrogens (tertiary/aromatic N) is 2. The molecule has 3 aromatic rings. The lowest BCUT2D eigenvalue weighted by Crippen LogP contribution is -3.10. The molecule has 3 rings (SSSR count). The molecule has 2 aromatic carbocycles. The minimum Gasteiger partial charge on any atom is -0.348 e. The van der Waals surface area contributed by atoms with Crippen LogP contribution >= 0.6 is 0 Å². The van der Waals surface area contributed by atoms with Crippen LogP contribution in [0.3, 0.4) is 0 Å². The molecule has 0 bridgehead atoms. The van der Waals surface area contributed by atoms with Gasteiger partial charge in [0.25, 0.3) is 5.91 Å². The Bertz CT molecular complexity index is 1020. The second kappa shape index (κ2) is 10.4. The molecular formula is C26H35N4O+. The highest BCUT2D eigenvalue weighted by molar-refractivity contribution is 5.96. The maximum Gasteiger partial charge on any atom is 0.255 e. The van der Waals surface area contributed by atoms with E-state index >= 15 is 0 Å². The van der Waals surface area contributed by atoms with Crippen molar-refractivity contribution in [1.82, 2.24) is 15.1 Å². The fraction of sp³-hybridized carbons (Fsp3) is 0.385. The Labute approximate surface area is 186 Å². The molecule has 0 saturated heterocycles. The van der Waals surface area contributed by atoms with Gasteiger partial charge in [0.05, 0.1) is 30.9 Å². The van der Waals surface area contributed by atoms with E-state index in [0.29, 0.717) is 18.7 Å². The van der Waals surface area contributed by atoms with Crippen molar-refractivity contribution in [3.63, 3.8) is 0 Å². The van der Waals surface area contributed by atoms with Crippen molar-refractivity contribution < 1.29 is 9.69 Å². The molecule has 0 aliphatic carbocycles. The van der Waals surface area contributed by atoms with E-state index in [9.17, 15) is 4.79 Å². The predicted molar refractivity (Wildman–Crippen MR) is 125 cm³/mol. The van der Waals surface area contributed by atoms with Gasteiger partial charge in [0, 0.05) is 17.8 Å². The lowest BCUT2D eigenvalue weighted by molar-refractivity contribution is -0.910. The van der Waals surface area contributed by atoms with E-state index in [1.807, 2.05) is 24.6 Å². The van der Waals surface area contributed by atoms with Gasteiger partial charge in [-0.25, -0.2) is 0 Å². The fourth-order valence-electron chi connectivity index (χ4n) is 3.98. The van der Waals surface area contributed by atoms with Crippen LogP contribution in [0.5, 0.6) is 0 Å². The first-order chi connectivity index (χ1) is 14.9. The highest BCUT2D eigenvalue weighted by Gasteiger charge is 2.19. The number of aromatic nitrogens is 2. The quantitative estimate of drug-likeness (QED) is 0.560. The molecule has 1 amide bonds. The smallest absolute Gasteiger partial charge is 0.255 e. The van der Waals surface area contributed by atoms with Crippen LogP contribution in [0, 0.1) is 20.8 Å². The molecule has 0 fully saturated rings. The summed E-state index contributed by atoms with van der Waals surface area (Å²) < 4.78 is 1.92. The minimum atomic E-state index is -0.0601. The summed E-state index contributed by atoms with van der Waals surface area (Å²) in [7, 11) is 0. The van der Waals surface area contributed by atoms with Crippen LogP contribution in [-0.2, 0) is 19.6 Å². The molecule has 164 valence electrons. The molecule has 5 heteroatoms. The molecule has 0 spiro atoms. The number of quaternary nitrogens is 1. The van der Waals surface area contributed by atoms with Gasteiger partial charge in [-0.05, 0) is 45.7 Å². The van der Waals surface area contributed by atoms with Gasteiger partial charge in [-0.1, -0.05) is 54.1 Å². The van der Waals surface area contributed by atoms with Gasteiger partial charge in [-0.15, -0.1) is 0 Å². The molecule has 0 aliphatic rings. The van der Waals surface area contributed by atoms with Crippen molar-refractivity contribution in [2.45, 2.75) is 54.3 Å². The predicted octanol–water partition coefficient (Wildman–Crippen LogP) is 3.21. The van der Waals surface area contributed by atoms with Crippen molar-refractivity contribution in [3.05, 3.63) is 87.7 Å². The molecule has 0 radical (unpaired) electrons. The Morgan fingerprint density at radius 1 is 0.968 bits per heavy atom. The highest BCUT2D eigenvalue weighted by Crippen LogP contribution is 2.16. The number of amides is 1. The zero-order valence-electron chi connectivity index (χ0n) is 19.5. The van der Waals surface area contributed by atoms with Gasteiger partial charge >= 0.3 is 0 Å². The fourth-order valence-corrected chi connectivity index (χ4v) is 3.98. The van der Waals surface area contributed by atoms with Gasteiger partial charge in [-0.2, -0.15) is 5.10 Å². The first kappa shape index (κ1) is 22.8. The number of carbonyl (C=O) groups is 1. The Hall–Kier alpha value is -2.92. The van der Waals surface area contributed by atoms with Crippen molar-refractivity contribution in [3.8, 4) is 0 Å². The van der Waals surface area contributed by atoms with Crippen LogP contribution in [0.25, 0.3) is 0 Å². The number of benzene rings is 2. The Balaban J connectivity index is 1.72. The SMILES string of the molecule is CC[NH+](CC)Cc1ccccc1CNC(=O)c1c(C)nn(Cc2ccc(C)cc2)c1C. The van der Waals surface area contributed by atoms with Gasteiger partial charge in [-0.3, -0.25) is 9.48 Å². The third kappa shape index (κ3) is 5.61. The topological polar surface area (TPSA) is 51.4 Å².